The maximum atomic E-state index is 10.1. The number of unbranched alkanes of at least 4 members (excludes halogenated alkanes) is 18. The molecule has 2 unspecified atom stereocenters. The molecule has 188 valence electrons. The van der Waals surface area contributed by atoms with Gasteiger partial charge in [0, 0.05) is 0 Å². The fraction of sp³-hybridized carbons (Fsp3) is 1.00. The summed E-state index contributed by atoms with van der Waals surface area (Å²) in [5.41, 5.74) is 0. The Morgan fingerprint density at radius 2 is 0.516 bits per heavy atom. The van der Waals surface area contributed by atoms with E-state index in [0.717, 1.165) is 25.7 Å². The summed E-state index contributed by atoms with van der Waals surface area (Å²) >= 11 is 0. The molecule has 0 aromatic carbocycles. The first-order valence-corrected chi connectivity index (χ1v) is 14.6. The minimum atomic E-state index is -0.0462. The van der Waals surface area contributed by atoms with Gasteiger partial charge in [-0.2, -0.15) is 0 Å². The first-order valence-electron chi connectivity index (χ1n) is 14.6. The Balaban J connectivity index is 3.16. The summed E-state index contributed by atoms with van der Waals surface area (Å²) in [6, 6.07) is 0. The highest BCUT2D eigenvalue weighted by atomic mass is 16.3. The second-order valence-electron chi connectivity index (χ2n) is 10.2. The predicted molar refractivity (Wildman–Crippen MR) is 139 cm³/mol. The minimum Gasteiger partial charge on any atom is -0.393 e. The number of rotatable bonds is 26. The van der Waals surface area contributed by atoms with Crippen molar-refractivity contribution in [2.75, 3.05) is 0 Å². The molecule has 0 bridgehead atoms. The summed E-state index contributed by atoms with van der Waals surface area (Å²) in [5, 5.41) is 20.0. The molecule has 0 aliphatic heterocycles. The van der Waals surface area contributed by atoms with Crippen molar-refractivity contribution >= 4 is 0 Å². The van der Waals surface area contributed by atoms with E-state index < -0.39 is 0 Å². The second-order valence-corrected chi connectivity index (χ2v) is 10.2. The molecule has 0 fully saturated rings. The average molecular weight is 441 g/mol. The van der Waals surface area contributed by atoms with Crippen molar-refractivity contribution in [2.45, 2.75) is 187 Å². The monoisotopic (exact) mass is 440 g/mol. The molecule has 0 saturated heterocycles. The molecular formula is C29H60O2. The maximum absolute atomic E-state index is 10.1. The fourth-order valence-electron chi connectivity index (χ4n) is 4.61. The van der Waals surface area contributed by atoms with Crippen LogP contribution in [0, 0.1) is 0 Å². The number of aliphatic hydroxyl groups is 2. The molecule has 0 aromatic rings. The molecule has 2 nitrogen and oxygen atoms in total. The van der Waals surface area contributed by atoms with Gasteiger partial charge in [0.15, 0.2) is 0 Å². The van der Waals surface area contributed by atoms with Gasteiger partial charge in [0.2, 0.25) is 0 Å². The Labute approximate surface area is 197 Å². The van der Waals surface area contributed by atoms with Crippen LogP contribution in [-0.4, -0.2) is 22.4 Å². The van der Waals surface area contributed by atoms with E-state index >= 15 is 0 Å². The van der Waals surface area contributed by atoms with Crippen molar-refractivity contribution in [3.63, 3.8) is 0 Å². The Kier molecular flexibility index (Phi) is 26.1. The van der Waals surface area contributed by atoms with Gasteiger partial charge in [0.1, 0.15) is 0 Å². The van der Waals surface area contributed by atoms with Gasteiger partial charge in [-0.15, -0.1) is 0 Å². The summed E-state index contributed by atoms with van der Waals surface area (Å²) in [7, 11) is 0. The molecular weight excluding hydrogens is 380 g/mol. The predicted octanol–water partition coefficient (Wildman–Crippen LogP) is 9.50. The molecule has 2 atom stereocenters. The standard InChI is InChI=1S/C29H60O2/c1-3-5-7-8-17-21-26-29(31)27-23-19-16-14-12-10-9-11-13-15-18-22-25-28(30)24-20-6-4-2/h28-31H,3-27H2,1-2H3. The van der Waals surface area contributed by atoms with Crippen molar-refractivity contribution in [3.05, 3.63) is 0 Å². The molecule has 2 heteroatoms. The average Bonchev–Trinajstić information content (AvgIpc) is 2.76. The molecule has 0 aliphatic rings. The molecule has 0 spiro atoms. The van der Waals surface area contributed by atoms with Crippen LogP contribution in [0.1, 0.15) is 174 Å². The van der Waals surface area contributed by atoms with Crippen LogP contribution >= 0.6 is 0 Å². The fourth-order valence-corrected chi connectivity index (χ4v) is 4.61. The SMILES string of the molecule is CCCCCCCCC(O)CCCCCCCCCCCCCCC(O)CCCCC. The summed E-state index contributed by atoms with van der Waals surface area (Å²) in [6.45, 7) is 4.48. The molecule has 0 rings (SSSR count). The topological polar surface area (TPSA) is 40.5 Å². The third-order valence-electron chi connectivity index (χ3n) is 6.86. The third-order valence-corrected chi connectivity index (χ3v) is 6.86. The van der Waals surface area contributed by atoms with E-state index in [1.807, 2.05) is 0 Å². The summed E-state index contributed by atoms with van der Waals surface area (Å²) in [6.07, 6.45) is 31.7. The van der Waals surface area contributed by atoms with E-state index in [1.54, 1.807) is 0 Å². The number of aliphatic hydroxyl groups excluding tert-OH is 2. The lowest BCUT2D eigenvalue weighted by molar-refractivity contribution is 0.147. The molecule has 0 amide bonds. The van der Waals surface area contributed by atoms with Gasteiger partial charge in [-0.05, 0) is 25.7 Å². The zero-order chi connectivity index (χ0) is 22.8. The van der Waals surface area contributed by atoms with Crippen molar-refractivity contribution in [3.8, 4) is 0 Å². The van der Waals surface area contributed by atoms with Gasteiger partial charge in [-0.1, -0.05) is 149 Å². The largest absolute Gasteiger partial charge is 0.393 e. The molecule has 0 aromatic heterocycles. The van der Waals surface area contributed by atoms with Crippen LogP contribution in [0.25, 0.3) is 0 Å². The van der Waals surface area contributed by atoms with Gasteiger partial charge in [0.25, 0.3) is 0 Å². The van der Waals surface area contributed by atoms with Gasteiger partial charge in [0.05, 0.1) is 12.2 Å². The first kappa shape index (κ1) is 30.9. The van der Waals surface area contributed by atoms with Gasteiger partial charge in [-0.3, -0.25) is 0 Å². The highest BCUT2D eigenvalue weighted by Gasteiger charge is 2.04. The first-order chi connectivity index (χ1) is 15.2. The Morgan fingerprint density at radius 1 is 0.323 bits per heavy atom. The lowest BCUT2D eigenvalue weighted by Crippen LogP contribution is -2.05. The Hall–Kier alpha value is -0.0800. The highest BCUT2D eigenvalue weighted by Crippen LogP contribution is 2.16. The molecule has 0 aliphatic carbocycles. The van der Waals surface area contributed by atoms with E-state index in [4.69, 9.17) is 0 Å². The van der Waals surface area contributed by atoms with Gasteiger partial charge < -0.3 is 10.2 Å². The van der Waals surface area contributed by atoms with Crippen LogP contribution in [0.3, 0.4) is 0 Å². The van der Waals surface area contributed by atoms with Crippen molar-refractivity contribution < 1.29 is 10.2 Å². The minimum absolute atomic E-state index is 0.0458. The van der Waals surface area contributed by atoms with E-state index in [2.05, 4.69) is 13.8 Å². The van der Waals surface area contributed by atoms with Crippen LogP contribution < -0.4 is 0 Å². The van der Waals surface area contributed by atoms with E-state index in [0.29, 0.717) is 0 Å². The number of hydrogen-bond donors (Lipinski definition) is 2. The third kappa shape index (κ3) is 26.1. The molecule has 0 radical (unpaired) electrons. The van der Waals surface area contributed by atoms with E-state index in [9.17, 15) is 10.2 Å². The van der Waals surface area contributed by atoms with Gasteiger partial charge >= 0.3 is 0 Å². The smallest absolute Gasteiger partial charge is 0.0540 e. The summed E-state index contributed by atoms with van der Waals surface area (Å²) in [5.74, 6) is 0. The molecule has 0 saturated carbocycles. The Morgan fingerprint density at radius 3 is 0.806 bits per heavy atom. The van der Waals surface area contributed by atoms with Crippen LogP contribution in [0.4, 0.5) is 0 Å². The number of hydrogen-bond acceptors (Lipinski definition) is 2. The Bertz CT molecular complexity index is 318. The van der Waals surface area contributed by atoms with Crippen molar-refractivity contribution in [1.82, 2.24) is 0 Å². The quantitative estimate of drug-likeness (QED) is 0.131. The molecule has 2 N–H and O–H groups in total. The summed E-state index contributed by atoms with van der Waals surface area (Å²) < 4.78 is 0. The van der Waals surface area contributed by atoms with Crippen LogP contribution in [0.15, 0.2) is 0 Å². The lowest BCUT2D eigenvalue weighted by atomic mass is 10.0. The van der Waals surface area contributed by atoms with E-state index in [1.165, 1.54) is 135 Å². The zero-order valence-corrected chi connectivity index (χ0v) is 21.7. The highest BCUT2D eigenvalue weighted by molar-refractivity contribution is 4.58. The zero-order valence-electron chi connectivity index (χ0n) is 21.7. The van der Waals surface area contributed by atoms with Gasteiger partial charge in [-0.25, -0.2) is 0 Å². The maximum Gasteiger partial charge on any atom is 0.0540 e. The normalized spacial score (nSPS) is 13.5. The van der Waals surface area contributed by atoms with Crippen molar-refractivity contribution in [1.29, 1.82) is 0 Å². The van der Waals surface area contributed by atoms with Crippen LogP contribution in [0.2, 0.25) is 0 Å². The van der Waals surface area contributed by atoms with Crippen LogP contribution in [-0.2, 0) is 0 Å². The summed E-state index contributed by atoms with van der Waals surface area (Å²) in [4.78, 5) is 0. The molecule has 0 heterocycles. The second kappa shape index (κ2) is 26.2. The van der Waals surface area contributed by atoms with Crippen molar-refractivity contribution in [2.24, 2.45) is 0 Å². The lowest BCUT2D eigenvalue weighted by Gasteiger charge is -2.10. The molecule has 31 heavy (non-hydrogen) atoms. The van der Waals surface area contributed by atoms with E-state index in [-0.39, 0.29) is 12.2 Å². The van der Waals surface area contributed by atoms with Crippen LogP contribution in [0.5, 0.6) is 0 Å².